The molecule has 0 aliphatic rings. The lowest BCUT2D eigenvalue weighted by molar-refractivity contribution is -0.121. The molecule has 0 aliphatic heterocycles. The number of carbonyl (C=O) groups excluding carboxylic acids is 2. The first-order valence-corrected chi connectivity index (χ1v) is 6.15. The quantitative estimate of drug-likeness (QED) is 0.642. The summed E-state index contributed by atoms with van der Waals surface area (Å²) < 4.78 is 26.0. The largest absolute Gasteiger partial charge is 0.395 e. The maximum Gasteiger partial charge on any atom is 0.254 e. The first kappa shape index (κ1) is 16.0. The topological polar surface area (TPSA) is 78.4 Å². The summed E-state index contributed by atoms with van der Waals surface area (Å²) in [6, 6.07) is 2.70. The average Bonchev–Trinajstić information content (AvgIpc) is 2.41. The first-order valence-electron chi connectivity index (χ1n) is 6.15. The van der Waals surface area contributed by atoms with E-state index < -0.39 is 17.5 Å². The fourth-order valence-corrected chi connectivity index (χ4v) is 1.50. The van der Waals surface area contributed by atoms with Crippen LogP contribution in [0.4, 0.5) is 8.78 Å². The van der Waals surface area contributed by atoms with Crippen LogP contribution in [0.15, 0.2) is 18.2 Å². The third-order valence-electron chi connectivity index (χ3n) is 2.48. The van der Waals surface area contributed by atoms with E-state index in [1.807, 2.05) is 0 Å². The lowest BCUT2D eigenvalue weighted by Crippen LogP contribution is -2.29. The Hall–Kier alpha value is -2.02. The molecular formula is C13H16F2N2O3. The molecule has 110 valence electrons. The Labute approximate surface area is 115 Å². The number of carbonyl (C=O) groups is 2. The number of aliphatic hydroxyl groups excluding tert-OH is 1. The molecule has 0 bridgehead atoms. The Morgan fingerprint density at radius 3 is 2.55 bits per heavy atom. The molecule has 3 N–H and O–H groups in total. The fraction of sp³-hybridized carbons (Fsp3) is 0.385. The number of hydrogen-bond acceptors (Lipinski definition) is 3. The lowest BCUT2D eigenvalue weighted by atomic mass is 10.2. The molecule has 1 rings (SSSR count). The summed E-state index contributed by atoms with van der Waals surface area (Å²) in [5, 5.41) is 13.4. The predicted molar refractivity (Wildman–Crippen MR) is 68.0 cm³/mol. The molecule has 0 spiro atoms. The Morgan fingerprint density at radius 2 is 1.90 bits per heavy atom. The van der Waals surface area contributed by atoms with Crippen LogP contribution in [0.3, 0.4) is 0 Å². The van der Waals surface area contributed by atoms with Gasteiger partial charge in [-0.05, 0) is 18.6 Å². The van der Waals surface area contributed by atoms with Gasteiger partial charge in [-0.15, -0.1) is 0 Å². The summed E-state index contributed by atoms with van der Waals surface area (Å²) in [6.07, 6.45) is 0.567. The highest BCUT2D eigenvalue weighted by atomic mass is 19.1. The van der Waals surface area contributed by atoms with Crippen molar-refractivity contribution >= 4 is 11.8 Å². The molecular weight excluding hydrogens is 270 g/mol. The van der Waals surface area contributed by atoms with Gasteiger partial charge in [0.2, 0.25) is 5.91 Å². The van der Waals surface area contributed by atoms with E-state index in [1.54, 1.807) is 0 Å². The molecule has 0 unspecified atom stereocenters. The molecule has 5 nitrogen and oxygen atoms in total. The number of hydrogen-bond donors (Lipinski definition) is 3. The van der Waals surface area contributed by atoms with E-state index in [1.165, 1.54) is 0 Å². The van der Waals surface area contributed by atoms with Gasteiger partial charge in [-0.1, -0.05) is 0 Å². The second kappa shape index (κ2) is 8.21. The molecule has 0 aliphatic carbocycles. The third-order valence-corrected chi connectivity index (χ3v) is 2.48. The van der Waals surface area contributed by atoms with Gasteiger partial charge in [-0.2, -0.15) is 0 Å². The highest BCUT2D eigenvalue weighted by Crippen LogP contribution is 2.09. The summed E-state index contributed by atoms with van der Waals surface area (Å²) in [7, 11) is 0. The molecule has 7 heteroatoms. The smallest absolute Gasteiger partial charge is 0.254 e. The van der Waals surface area contributed by atoms with Crippen LogP contribution < -0.4 is 10.6 Å². The molecule has 0 radical (unpaired) electrons. The highest BCUT2D eigenvalue weighted by molar-refractivity contribution is 5.94. The van der Waals surface area contributed by atoms with Gasteiger partial charge in [-0.3, -0.25) is 9.59 Å². The van der Waals surface area contributed by atoms with Crippen molar-refractivity contribution in [1.29, 1.82) is 0 Å². The average molecular weight is 286 g/mol. The zero-order valence-electron chi connectivity index (χ0n) is 10.8. The standard InChI is InChI=1S/C13H16F2N2O3/c14-9-3-4-10(11(15)8-9)13(20)17-5-1-2-12(19)16-6-7-18/h3-4,8,18H,1-2,5-7H2,(H,16,19)(H,17,20). The van der Waals surface area contributed by atoms with Crippen LogP contribution in [0.25, 0.3) is 0 Å². The Bertz CT molecular complexity index is 481. The summed E-state index contributed by atoms with van der Waals surface area (Å²) in [6.45, 7) is 0.250. The van der Waals surface area contributed by atoms with Crippen LogP contribution in [0.2, 0.25) is 0 Å². The minimum atomic E-state index is -0.928. The molecule has 20 heavy (non-hydrogen) atoms. The summed E-state index contributed by atoms with van der Waals surface area (Å²) >= 11 is 0. The number of aliphatic hydroxyl groups is 1. The van der Waals surface area contributed by atoms with E-state index in [9.17, 15) is 18.4 Å². The number of halogens is 2. The van der Waals surface area contributed by atoms with Gasteiger partial charge in [-0.25, -0.2) is 8.78 Å². The van der Waals surface area contributed by atoms with Crippen molar-refractivity contribution < 1.29 is 23.5 Å². The summed E-state index contributed by atoms with van der Waals surface area (Å²) in [4.78, 5) is 22.8. The van der Waals surface area contributed by atoms with Crippen LogP contribution >= 0.6 is 0 Å². The minimum Gasteiger partial charge on any atom is -0.395 e. The van der Waals surface area contributed by atoms with Gasteiger partial charge >= 0.3 is 0 Å². The van der Waals surface area contributed by atoms with Crippen LogP contribution in [-0.4, -0.2) is 36.6 Å². The molecule has 0 atom stereocenters. The third kappa shape index (κ3) is 5.31. The number of rotatable bonds is 7. The second-order valence-electron chi connectivity index (χ2n) is 4.06. The van der Waals surface area contributed by atoms with Crippen molar-refractivity contribution in [3.05, 3.63) is 35.4 Å². The Kier molecular flexibility index (Phi) is 6.58. The Morgan fingerprint density at radius 1 is 1.15 bits per heavy atom. The molecule has 1 aromatic rings. The predicted octanol–water partition coefficient (Wildman–Crippen LogP) is 0.583. The zero-order valence-corrected chi connectivity index (χ0v) is 10.8. The van der Waals surface area contributed by atoms with Gasteiger partial charge in [0.1, 0.15) is 11.6 Å². The monoisotopic (exact) mass is 286 g/mol. The van der Waals surface area contributed by atoms with E-state index in [2.05, 4.69) is 10.6 Å². The molecule has 0 heterocycles. The van der Waals surface area contributed by atoms with Gasteiger partial charge in [0.05, 0.1) is 12.2 Å². The maximum atomic E-state index is 13.3. The normalized spacial score (nSPS) is 10.2. The van der Waals surface area contributed by atoms with Crippen LogP contribution in [-0.2, 0) is 4.79 Å². The van der Waals surface area contributed by atoms with Crippen LogP contribution in [0.1, 0.15) is 23.2 Å². The van der Waals surface area contributed by atoms with E-state index in [0.717, 1.165) is 12.1 Å². The van der Waals surface area contributed by atoms with Gasteiger partial charge in [0.15, 0.2) is 0 Å². The molecule has 0 aromatic heterocycles. The number of amides is 2. The van der Waals surface area contributed by atoms with Crippen LogP contribution in [0.5, 0.6) is 0 Å². The Balaban J connectivity index is 2.31. The van der Waals surface area contributed by atoms with Crippen molar-refractivity contribution in [2.45, 2.75) is 12.8 Å². The van der Waals surface area contributed by atoms with Crippen molar-refractivity contribution in [1.82, 2.24) is 10.6 Å². The number of benzene rings is 1. The van der Waals surface area contributed by atoms with E-state index in [-0.39, 0.29) is 37.6 Å². The molecule has 2 amide bonds. The van der Waals surface area contributed by atoms with Crippen molar-refractivity contribution in [3.63, 3.8) is 0 Å². The first-order chi connectivity index (χ1) is 9.54. The summed E-state index contributed by atoms with van der Waals surface area (Å²) in [5.41, 5.74) is -0.240. The van der Waals surface area contributed by atoms with Crippen molar-refractivity contribution in [2.24, 2.45) is 0 Å². The van der Waals surface area contributed by atoms with Gasteiger partial charge < -0.3 is 15.7 Å². The highest BCUT2D eigenvalue weighted by Gasteiger charge is 2.11. The number of nitrogens with one attached hydrogen (secondary N) is 2. The van der Waals surface area contributed by atoms with Gasteiger partial charge in [0.25, 0.3) is 5.91 Å². The zero-order chi connectivity index (χ0) is 15.0. The lowest BCUT2D eigenvalue weighted by Gasteiger charge is -2.06. The van der Waals surface area contributed by atoms with E-state index in [0.29, 0.717) is 12.5 Å². The van der Waals surface area contributed by atoms with E-state index >= 15 is 0 Å². The van der Waals surface area contributed by atoms with Crippen molar-refractivity contribution in [2.75, 3.05) is 19.7 Å². The second-order valence-corrected chi connectivity index (χ2v) is 4.06. The van der Waals surface area contributed by atoms with Crippen LogP contribution in [0, 0.1) is 11.6 Å². The van der Waals surface area contributed by atoms with Gasteiger partial charge in [0, 0.05) is 25.6 Å². The molecule has 0 saturated heterocycles. The SMILES string of the molecule is O=C(CCCNC(=O)c1ccc(F)cc1F)NCCO. The maximum absolute atomic E-state index is 13.3. The fourth-order valence-electron chi connectivity index (χ4n) is 1.50. The molecule has 0 fully saturated rings. The molecule has 1 aromatic carbocycles. The minimum absolute atomic E-state index is 0.133. The van der Waals surface area contributed by atoms with E-state index in [4.69, 9.17) is 5.11 Å². The molecule has 0 saturated carbocycles. The van der Waals surface area contributed by atoms with Crippen molar-refractivity contribution in [3.8, 4) is 0 Å². The summed E-state index contributed by atoms with van der Waals surface area (Å²) in [5.74, 6) is -2.57.